The van der Waals surface area contributed by atoms with Crippen LogP contribution in [0.25, 0.3) is 0 Å². The molecule has 3 aromatic rings. The molecule has 3 heterocycles. The molecule has 0 fully saturated rings. The third-order valence-corrected chi connectivity index (χ3v) is 3.80. The van der Waals surface area contributed by atoms with Gasteiger partial charge in [0, 0.05) is 18.9 Å². The van der Waals surface area contributed by atoms with Crippen molar-refractivity contribution in [3.63, 3.8) is 0 Å². The normalized spacial score (nSPS) is 12.0. The Morgan fingerprint density at radius 2 is 1.92 bits per heavy atom. The number of amides is 1. The second-order valence-electron chi connectivity index (χ2n) is 5.60. The van der Waals surface area contributed by atoms with Gasteiger partial charge in [0.2, 0.25) is 12.7 Å². The lowest BCUT2D eigenvalue weighted by atomic mass is 10.2. The fourth-order valence-corrected chi connectivity index (χ4v) is 2.45. The number of nitrogens with one attached hydrogen (secondary N) is 2. The summed E-state index contributed by atoms with van der Waals surface area (Å²) >= 11 is 0. The van der Waals surface area contributed by atoms with Gasteiger partial charge in [-0.2, -0.15) is 0 Å². The number of hydrogen-bond donors (Lipinski definition) is 2. The Morgan fingerprint density at radius 1 is 1.08 bits per heavy atom. The third kappa shape index (κ3) is 3.59. The van der Waals surface area contributed by atoms with E-state index in [4.69, 9.17) is 13.9 Å². The maximum atomic E-state index is 12.1. The summed E-state index contributed by atoms with van der Waals surface area (Å²) in [7, 11) is 0. The molecule has 2 aromatic heterocycles. The lowest BCUT2D eigenvalue weighted by molar-refractivity contribution is 0.0947. The highest BCUT2D eigenvalue weighted by Gasteiger charge is 2.13. The van der Waals surface area contributed by atoms with Crippen LogP contribution >= 0.6 is 0 Å². The second-order valence-corrected chi connectivity index (χ2v) is 5.60. The molecule has 0 saturated heterocycles. The zero-order valence-corrected chi connectivity index (χ0v) is 13.8. The molecule has 0 atom stereocenters. The van der Waals surface area contributed by atoms with E-state index in [9.17, 15) is 4.79 Å². The van der Waals surface area contributed by atoms with Crippen LogP contribution in [0.2, 0.25) is 0 Å². The van der Waals surface area contributed by atoms with Crippen LogP contribution in [-0.2, 0) is 13.1 Å². The van der Waals surface area contributed by atoms with E-state index in [1.165, 1.54) is 12.4 Å². The first-order valence-electron chi connectivity index (χ1n) is 8.03. The summed E-state index contributed by atoms with van der Waals surface area (Å²) in [5.41, 5.74) is 1.39. The van der Waals surface area contributed by atoms with E-state index in [2.05, 4.69) is 20.6 Å². The fraction of sp³-hybridized carbons (Fsp3) is 0.167. The molecule has 0 aliphatic carbocycles. The number of furan rings is 1. The molecular formula is C18H16N4O4. The largest absolute Gasteiger partial charge is 0.467 e. The van der Waals surface area contributed by atoms with Gasteiger partial charge in [-0.1, -0.05) is 6.07 Å². The Morgan fingerprint density at radius 3 is 2.73 bits per heavy atom. The quantitative estimate of drug-likeness (QED) is 0.702. The number of carbonyl (C=O) groups is 1. The Kier molecular flexibility index (Phi) is 4.38. The fourth-order valence-electron chi connectivity index (χ4n) is 2.45. The molecule has 8 heteroatoms. The van der Waals surface area contributed by atoms with Crippen molar-refractivity contribution in [3.8, 4) is 11.5 Å². The van der Waals surface area contributed by atoms with Gasteiger partial charge >= 0.3 is 0 Å². The lowest BCUT2D eigenvalue weighted by Crippen LogP contribution is -2.23. The Hall–Kier alpha value is -3.55. The standard InChI is InChI=1S/C18H16N4O4/c23-17(19-10-14-2-1-5-24-14)13-8-21-18(22-9-13)20-7-12-3-4-15-16(6-12)26-11-25-15/h1-6,8-9H,7,10-11H2,(H,19,23)(H,20,21,22). The minimum absolute atomic E-state index is 0.249. The molecular weight excluding hydrogens is 336 g/mol. The summed E-state index contributed by atoms with van der Waals surface area (Å²) in [6.07, 6.45) is 4.52. The Balaban J connectivity index is 1.31. The summed E-state index contributed by atoms with van der Waals surface area (Å²) < 4.78 is 15.8. The van der Waals surface area contributed by atoms with Gasteiger partial charge < -0.3 is 24.5 Å². The minimum Gasteiger partial charge on any atom is -0.467 e. The van der Waals surface area contributed by atoms with Crippen molar-refractivity contribution in [1.82, 2.24) is 15.3 Å². The maximum Gasteiger partial charge on any atom is 0.254 e. The zero-order valence-electron chi connectivity index (χ0n) is 13.8. The molecule has 8 nitrogen and oxygen atoms in total. The van der Waals surface area contributed by atoms with E-state index < -0.39 is 0 Å². The topological polar surface area (TPSA) is 98.5 Å². The van der Waals surface area contributed by atoms with Crippen LogP contribution < -0.4 is 20.1 Å². The zero-order chi connectivity index (χ0) is 17.8. The molecule has 1 aliphatic heterocycles. The van der Waals surface area contributed by atoms with Gasteiger partial charge in [0.1, 0.15) is 5.76 Å². The smallest absolute Gasteiger partial charge is 0.254 e. The van der Waals surface area contributed by atoms with Crippen molar-refractivity contribution < 1.29 is 18.7 Å². The van der Waals surface area contributed by atoms with Crippen molar-refractivity contribution in [2.75, 3.05) is 12.1 Å². The molecule has 4 rings (SSSR count). The lowest BCUT2D eigenvalue weighted by Gasteiger charge is -2.07. The summed E-state index contributed by atoms with van der Waals surface area (Å²) in [6.45, 7) is 1.09. The van der Waals surface area contributed by atoms with E-state index >= 15 is 0 Å². The summed E-state index contributed by atoms with van der Waals surface area (Å²) in [5, 5.41) is 5.85. The van der Waals surface area contributed by atoms with Gasteiger partial charge in [-0.3, -0.25) is 4.79 Å². The van der Waals surface area contributed by atoms with Crippen molar-refractivity contribution >= 4 is 11.9 Å². The minimum atomic E-state index is -0.260. The number of carbonyl (C=O) groups excluding carboxylic acids is 1. The molecule has 132 valence electrons. The molecule has 1 amide bonds. The average Bonchev–Trinajstić information content (AvgIpc) is 3.36. The van der Waals surface area contributed by atoms with Gasteiger partial charge in [-0.05, 0) is 29.8 Å². The summed E-state index contributed by atoms with van der Waals surface area (Å²) in [4.78, 5) is 20.4. The molecule has 0 spiro atoms. The number of nitrogens with zero attached hydrogens (tertiary/aromatic N) is 2. The molecule has 0 bridgehead atoms. The Bertz CT molecular complexity index is 894. The number of benzene rings is 1. The summed E-state index contributed by atoms with van der Waals surface area (Å²) in [5.74, 6) is 2.33. The number of fused-ring (bicyclic) bond motifs is 1. The van der Waals surface area contributed by atoms with Crippen LogP contribution in [0.5, 0.6) is 11.5 Å². The van der Waals surface area contributed by atoms with E-state index in [0.29, 0.717) is 30.4 Å². The van der Waals surface area contributed by atoms with Gasteiger partial charge in [0.15, 0.2) is 11.5 Å². The van der Waals surface area contributed by atoms with Crippen molar-refractivity contribution in [2.45, 2.75) is 13.1 Å². The molecule has 0 unspecified atom stereocenters. The first-order chi connectivity index (χ1) is 12.8. The average molecular weight is 352 g/mol. The van der Waals surface area contributed by atoms with Crippen molar-refractivity contribution in [2.24, 2.45) is 0 Å². The highest BCUT2D eigenvalue weighted by Crippen LogP contribution is 2.32. The molecule has 2 N–H and O–H groups in total. The van der Waals surface area contributed by atoms with Crippen LogP contribution in [0.4, 0.5) is 5.95 Å². The summed E-state index contributed by atoms with van der Waals surface area (Å²) in [6, 6.07) is 9.28. The number of rotatable bonds is 6. The molecule has 1 aliphatic rings. The first-order valence-corrected chi connectivity index (χ1v) is 8.03. The molecule has 1 aromatic carbocycles. The highest BCUT2D eigenvalue weighted by atomic mass is 16.7. The van der Waals surface area contributed by atoms with E-state index in [-0.39, 0.29) is 12.7 Å². The molecule has 0 saturated carbocycles. The first kappa shape index (κ1) is 15.9. The van der Waals surface area contributed by atoms with Crippen molar-refractivity contribution in [1.29, 1.82) is 0 Å². The van der Waals surface area contributed by atoms with Crippen LogP contribution in [-0.4, -0.2) is 22.7 Å². The van der Waals surface area contributed by atoms with Gasteiger partial charge in [0.25, 0.3) is 5.91 Å². The van der Waals surface area contributed by atoms with Gasteiger partial charge in [-0.25, -0.2) is 9.97 Å². The third-order valence-electron chi connectivity index (χ3n) is 3.80. The molecule has 26 heavy (non-hydrogen) atoms. The van der Waals surface area contributed by atoms with E-state index in [1.54, 1.807) is 18.4 Å². The number of ether oxygens (including phenoxy) is 2. The van der Waals surface area contributed by atoms with Gasteiger partial charge in [0.05, 0.1) is 18.4 Å². The highest BCUT2D eigenvalue weighted by molar-refractivity contribution is 5.93. The van der Waals surface area contributed by atoms with Gasteiger partial charge in [-0.15, -0.1) is 0 Å². The van der Waals surface area contributed by atoms with Crippen LogP contribution in [0.15, 0.2) is 53.4 Å². The number of hydrogen-bond acceptors (Lipinski definition) is 7. The SMILES string of the molecule is O=C(NCc1ccco1)c1cnc(NCc2ccc3c(c2)OCO3)nc1. The maximum absolute atomic E-state index is 12.1. The van der Waals surface area contributed by atoms with Crippen LogP contribution in [0, 0.1) is 0 Å². The molecule has 0 radical (unpaired) electrons. The van der Waals surface area contributed by atoms with E-state index in [0.717, 1.165) is 17.1 Å². The van der Waals surface area contributed by atoms with Crippen molar-refractivity contribution in [3.05, 3.63) is 65.9 Å². The number of anilines is 1. The van der Waals surface area contributed by atoms with E-state index in [1.807, 2.05) is 18.2 Å². The Labute approximate surface area is 149 Å². The second kappa shape index (κ2) is 7.14. The monoisotopic (exact) mass is 352 g/mol. The predicted molar refractivity (Wildman–Crippen MR) is 91.8 cm³/mol. The van der Waals surface area contributed by atoms with Crippen LogP contribution in [0.3, 0.4) is 0 Å². The van der Waals surface area contributed by atoms with Crippen LogP contribution in [0.1, 0.15) is 21.7 Å². The predicted octanol–water partition coefficient (Wildman–Crippen LogP) is 2.34. The number of aromatic nitrogens is 2.